The van der Waals surface area contributed by atoms with Crippen molar-refractivity contribution in [2.45, 2.75) is 32.1 Å². The molecule has 2 aromatic rings. The van der Waals surface area contributed by atoms with E-state index in [9.17, 15) is 28.1 Å². The quantitative estimate of drug-likeness (QED) is 0.516. The third-order valence-electron chi connectivity index (χ3n) is 4.02. The van der Waals surface area contributed by atoms with Crippen molar-refractivity contribution in [1.29, 1.82) is 0 Å². The third-order valence-corrected chi connectivity index (χ3v) is 4.25. The molecule has 0 saturated heterocycles. The molecule has 0 heterocycles. The molecular weight excluding hydrogens is 399 g/mol. The molecular formula is C18H17ClF3N3O3. The van der Waals surface area contributed by atoms with Crippen molar-refractivity contribution in [3.8, 4) is 0 Å². The van der Waals surface area contributed by atoms with Gasteiger partial charge in [-0.1, -0.05) is 23.7 Å². The third kappa shape index (κ3) is 5.43. The lowest BCUT2D eigenvalue weighted by Crippen LogP contribution is -2.39. The number of non-ortho nitro benzene ring substituents is 1. The van der Waals surface area contributed by atoms with Crippen molar-refractivity contribution in [1.82, 2.24) is 5.32 Å². The van der Waals surface area contributed by atoms with Crippen LogP contribution in [-0.4, -0.2) is 16.9 Å². The van der Waals surface area contributed by atoms with Crippen LogP contribution in [0.4, 0.5) is 24.5 Å². The van der Waals surface area contributed by atoms with E-state index in [1.54, 1.807) is 31.2 Å². The number of benzene rings is 2. The number of hydrogen-bond acceptors (Lipinski definition) is 4. The van der Waals surface area contributed by atoms with Crippen LogP contribution in [0.2, 0.25) is 5.02 Å². The maximum absolute atomic E-state index is 13.2. The second-order valence-corrected chi connectivity index (χ2v) is 6.58. The highest BCUT2D eigenvalue weighted by Crippen LogP contribution is 2.37. The Morgan fingerprint density at radius 2 is 1.86 bits per heavy atom. The molecule has 0 aromatic heterocycles. The summed E-state index contributed by atoms with van der Waals surface area (Å²) in [5, 5.41) is 16.4. The van der Waals surface area contributed by atoms with Crippen LogP contribution in [0.3, 0.4) is 0 Å². The molecule has 0 spiro atoms. The summed E-state index contributed by atoms with van der Waals surface area (Å²) in [4.78, 5) is 22.1. The maximum Gasteiger partial charge on any atom is 0.418 e. The van der Waals surface area contributed by atoms with Gasteiger partial charge in [-0.05, 0) is 37.6 Å². The highest BCUT2D eigenvalue weighted by Gasteiger charge is 2.36. The van der Waals surface area contributed by atoms with E-state index in [1.165, 1.54) is 6.92 Å². The molecule has 0 aliphatic rings. The van der Waals surface area contributed by atoms with Crippen LogP contribution in [0.1, 0.15) is 31.0 Å². The number of halogens is 4. The van der Waals surface area contributed by atoms with Crippen LogP contribution in [-0.2, 0) is 11.0 Å². The average Bonchev–Trinajstić information content (AvgIpc) is 2.60. The van der Waals surface area contributed by atoms with Gasteiger partial charge in [0.1, 0.15) is 0 Å². The van der Waals surface area contributed by atoms with E-state index in [1.807, 2.05) is 0 Å². The fourth-order valence-corrected chi connectivity index (χ4v) is 2.75. The first-order valence-electron chi connectivity index (χ1n) is 8.17. The molecule has 28 heavy (non-hydrogen) atoms. The molecule has 0 radical (unpaired) electrons. The van der Waals surface area contributed by atoms with Crippen molar-refractivity contribution < 1.29 is 22.9 Å². The van der Waals surface area contributed by atoms with Gasteiger partial charge in [-0.25, -0.2) is 0 Å². The Balaban J connectivity index is 2.16. The lowest BCUT2D eigenvalue weighted by atomic mass is 10.1. The molecule has 2 aromatic carbocycles. The summed E-state index contributed by atoms with van der Waals surface area (Å²) in [6.45, 7) is 3.28. The minimum atomic E-state index is -4.86. The number of anilines is 1. The van der Waals surface area contributed by atoms with Gasteiger partial charge >= 0.3 is 6.18 Å². The molecule has 150 valence electrons. The molecule has 0 aliphatic carbocycles. The summed E-state index contributed by atoms with van der Waals surface area (Å²) >= 11 is 5.93. The van der Waals surface area contributed by atoms with Crippen LogP contribution in [0.25, 0.3) is 0 Å². The topological polar surface area (TPSA) is 84.3 Å². The van der Waals surface area contributed by atoms with E-state index in [2.05, 4.69) is 10.6 Å². The van der Waals surface area contributed by atoms with Crippen LogP contribution in [0.15, 0.2) is 42.5 Å². The van der Waals surface area contributed by atoms with Gasteiger partial charge in [0.2, 0.25) is 5.91 Å². The van der Waals surface area contributed by atoms with Crippen molar-refractivity contribution in [3.05, 3.63) is 68.7 Å². The first-order valence-corrected chi connectivity index (χ1v) is 8.55. The molecule has 6 nitrogen and oxygen atoms in total. The minimum Gasteiger partial charge on any atom is -0.324 e. The zero-order valence-corrected chi connectivity index (χ0v) is 15.6. The molecule has 0 bridgehead atoms. The van der Waals surface area contributed by atoms with Gasteiger partial charge in [0.25, 0.3) is 5.69 Å². The highest BCUT2D eigenvalue weighted by molar-refractivity contribution is 6.30. The van der Waals surface area contributed by atoms with Crippen molar-refractivity contribution >= 4 is 28.9 Å². The average molecular weight is 416 g/mol. The second-order valence-electron chi connectivity index (χ2n) is 6.14. The number of amides is 1. The summed E-state index contributed by atoms with van der Waals surface area (Å²) in [6, 6.07) is 7.97. The molecule has 2 N–H and O–H groups in total. The molecule has 2 atom stereocenters. The Labute approximate surface area is 163 Å². The number of rotatable bonds is 6. The van der Waals surface area contributed by atoms with Crippen LogP contribution < -0.4 is 10.6 Å². The van der Waals surface area contributed by atoms with Gasteiger partial charge < -0.3 is 5.32 Å². The summed E-state index contributed by atoms with van der Waals surface area (Å²) in [5.74, 6) is -0.715. The van der Waals surface area contributed by atoms with E-state index < -0.39 is 40.0 Å². The van der Waals surface area contributed by atoms with Gasteiger partial charge in [-0.15, -0.1) is 0 Å². The summed E-state index contributed by atoms with van der Waals surface area (Å²) in [6.07, 6.45) is -4.86. The number of carbonyl (C=O) groups is 1. The molecule has 0 saturated carbocycles. The number of nitrogens with one attached hydrogen (secondary N) is 2. The summed E-state index contributed by atoms with van der Waals surface area (Å²) in [5.41, 5.74) is -1.75. The Bertz CT molecular complexity index is 890. The predicted octanol–water partition coefficient (Wildman–Crippen LogP) is 4.94. The normalized spacial score (nSPS) is 13.6. The van der Waals surface area contributed by atoms with Crippen molar-refractivity contribution in [2.24, 2.45) is 0 Å². The summed E-state index contributed by atoms with van der Waals surface area (Å²) in [7, 11) is 0. The van der Waals surface area contributed by atoms with Crippen molar-refractivity contribution in [3.63, 3.8) is 0 Å². The summed E-state index contributed by atoms with van der Waals surface area (Å²) < 4.78 is 39.6. The van der Waals surface area contributed by atoms with Crippen molar-refractivity contribution in [2.75, 3.05) is 5.32 Å². The lowest BCUT2D eigenvalue weighted by molar-refractivity contribution is -0.385. The van der Waals surface area contributed by atoms with E-state index in [0.29, 0.717) is 11.1 Å². The molecule has 10 heteroatoms. The van der Waals surface area contributed by atoms with Gasteiger partial charge in [0.05, 0.1) is 22.2 Å². The maximum atomic E-state index is 13.2. The lowest BCUT2D eigenvalue weighted by Gasteiger charge is -2.21. The molecule has 0 aliphatic heterocycles. The zero-order valence-electron chi connectivity index (χ0n) is 14.9. The highest BCUT2D eigenvalue weighted by atomic mass is 35.5. The van der Waals surface area contributed by atoms with Gasteiger partial charge in [0, 0.05) is 23.2 Å². The molecule has 0 fully saturated rings. The first kappa shape index (κ1) is 21.6. The van der Waals surface area contributed by atoms with Crippen LogP contribution in [0.5, 0.6) is 0 Å². The number of carbonyl (C=O) groups excluding carboxylic acids is 1. The Morgan fingerprint density at radius 3 is 2.43 bits per heavy atom. The zero-order chi connectivity index (χ0) is 21.1. The number of alkyl halides is 3. The van der Waals surface area contributed by atoms with Gasteiger partial charge in [-0.3, -0.25) is 20.2 Å². The molecule has 0 unspecified atom stereocenters. The van der Waals surface area contributed by atoms with Gasteiger partial charge in [0.15, 0.2) is 0 Å². The van der Waals surface area contributed by atoms with Crippen LogP contribution in [0, 0.1) is 10.1 Å². The first-order chi connectivity index (χ1) is 13.0. The van der Waals surface area contributed by atoms with E-state index in [-0.39, 0.29) is 6.04 Å². The Kier molecular flexibility index (Phi) is 6.63. The monoisotopic (exact) mass is 415 g/mol. The predicted molar refractivity (Wildman–Crippen MR) is 99.2 cm³/mol. The standard InChI is InChI=1S/C18H17ClF3N3O3/c1-10(12-4-3-5-13(19)8-12)23-11(2)17(26)24-16-7-6-14(25(27)28)9-15(16)18(20,21)22/h3-11,23H,1-2H3,(H,24,26)/t10-,11-/m1/s1. The van der Waals surface area contributed by atoms with E-state index in [0.717, 1.165) is 17.7 Å². The Morgan fingerprint density at radius 1 is 1.18 bits per heavy atom. The SMILES string of the molecule is C[C@@H](N[C@H](C)c1cccc(Cl)c1)C(=O)Nc1ccc([N+](=O)[O-])cc1C(F)(F)F. The molecule has 1 amide bonds. The number of nitrogens with zero attached hydrogens (tertiary/aromatic N) is 1. The fourth-order valence-electron chi connectivity index (χ4n) is 2.55. The van der Waals surface area contributed by atoms with E-state index in [4.69, 9.17) is 11.6 Å². The molecule has 2 rings (SSSR count). The van der Waals surface area contributed by atoms with Crippen LogP contribution >= 0.6 is 11.6 Å². The Hall–Kier alpha value is -2.65. The smallest absolute Gasteiger partial charge is 0.324 e. The van der Waals surface area contributed by atoms with E-state index >= 15 is 0 Å². The fraction of sp³-hybridized carbons (Fsp3) is 0.278. The number of hydrogen-bond donors (Lipinski definition) is 2. The second kappa shape index (κ2) is 8.57. The van der Waals surface area contributed by atoms with Gasteiger partial charge in [-0.2, -0.15) is 13.2 Å². The minimum absolute atomic E-state index is 0.293. The number of nitro benzene ring substituents is 1. The number of nitro groups is 1. The largest absolute Gasteiger partial charge is 0.418 e.